The van der Waals surface area contributed by atoms with Crippen LogP contribution in [0.25, 0.3) is 0 Å². The van der Waals surface area contributed by atoms with Gasteiger partial charge >= 0.3 is 12.6 Å². The van der Waals surface area contributed by atoms with Gasteiger partial charge in [-0.3, -0.25) is 9.59 Å². The fourth-order valence-electron chi connectivity index (χ4n) is 1.43. The molecule has 9 heteroatoms. The Morgan fingerprint density at radius 1 is 1.24 bits per heavy atom. The number of carbonyl (C=O) groups is 3. The number of ether oxygens (including phenoxy) is 1. The summed E-state index contributed by atoms with van der Waals surface area (Å²) in [6, 6.07) is 3.15. The van der Waals surface area contributed by atoms with Gasteiger partial charge in [0.05, 0.1) is 6.42 Å². The van der Waals surface area contributed by atoms with Crippen LogP contribution in [0.1, 0.15) is 16.8 Å². The van der Waals surface area contributed by atoms with Crippen LogP contribution in [-0.2, 0) is 9.59 Å². The van der Waals surface area contributed by atoms with E-state index in [1.165, 1.54) is 12.1 Å². The van der Waals surface area contributed by atoms with Crippen molar-refractivity contribution in [2.45, 2.75) is 19.1 Å². The summed E-state index contributed by atoms with van der Waals surface area (Å²) < 4.78 is 28.0. The number of carbonyl (C=O) groups excluding carboxylic acids is 2. The van der Waals surface area contributed by atoms with Gasteiger partial charge in [-0.05, 0) is 24.3 Å². The Bertz CT molecular complexity index is 533. The summed E-state index contributed by atoms with van der Waals surface area (Å²) >= 11 is 0. The summed E-state index contributed by atoms with van der Waals surface area (Å²) in [7, 11) is 0. The zero-order valence-corrected chi connectivity index (χ0v) is 10.6. The van der Waals surface area contributed by atoms with Gasteiger partial charge in [0.2, 0.25) is 5.91 Å². The zero-order valence-electron chi connectivity index (χ0n) is 10.6. The molecule has 1 rings (SSSR count). The molecule has 1 aromatic rings. The quantitative estimate of drug-likeness (QED) is 0.671. The Hall–Kier alpha value is -2.71. The number of carboxylic acid groups (broad SMARTS) is 1. The number of hydrogen-bond donors (Lipinski definition) is 3. The molecular formula is C12H12F2N2O5. The van der Waals surface area contributed by atoms with Gasteiger partial charge in [0.25, 0.3) is 5.91 Å². The second-order valence-corrected chi connectivity index (χ2v) is 3.94. The average Bonchev–Trinajstić information content (AvgIpc) is 2.37. The van der Waals surface area contributed by atoms with Crippen LogP contribution in [0.5, 0.6) is 5.75 Å². The molecule has 0 saturated carbocycles. The number of primary amides is 1. The molecule has 0 aliphatic rings. The average molecular weight is 302 g/mol. The smallest absolute Gasteiger partial charge is 0.387 e. The van der Waals surface area contributed by atoms with Gasteiger partial charge < -0.3 is 20.9 Å². The minimum atomic E-state index is -2.99. The molecule has 0 saturated heterocycles. The van der Waals surface area contributed by atoms with E-state index in [4.69, 9.17) is 10.8 Å². The molecule has 1 atom stereocenters. The molecule has 0 heterocycles. The first-order valence-corrected chi connectivity index (χ1v) is 5.66. The van der Waals surface area contributed by atoms with E-state index in [-0.39, 0.29) is 11.3 Å². The molecule has 0 fully saturated rings. The van der Waals surface area contributed by atoms with Crippen LogP contribution < -0.4 is 15.8 Å². The molecule has 0 aliphatic carbocycles. The van der Waals surface area contributed by atoms with E-state index in [9.17, 15) is 23.2 Å². The third-order valence-electron chi connectivity index (χ3n) is 2.35. The number of nitrogens with one attached hydrogen (secondary N) is 1. The van der Waals surface area contributed by atoms with Crippen LogP contribution in [-0.4, -0.2) is 35.5 Å². The van der Waals surface area contributed by atoms with Crippen LogP contribution in [0.2, 0.25) is 0 Å². The number of halogens is 2. The standard InChI is InChI=1S/C12H12F2N2O5/c13-12(14)21-7-3-1-6(2-4-7)10(18)16-8(11(19)20)5-9(15)17/h1-4,8,12H,5H2,(H2,15,17)(H,16,18)(H,19,20)/t8-/m0/s1. The summed E-state index contributed by atoms with van der Waals surface area (Å²) in [5.74, 6) is -3.23. The third-order valence-corrected chi connectivity index (χ3v) is 2.35. The second-order valence-electron chi connectivity index (χ2n) is 3.94. The number of rotatable bonds is 7. The van der Waals surface area contributed by atoms with Crippen molar-refractivity contribution < 1.29 is 33.0 Å². The predicted octanol–water partition coefficient (Wildman–Crippen LogP) is 0.346. The molecule has 0 aliphatic heterocycles. The largest absolute Gasteiger partial charge is 0.480 e. The Morgan fingerprint density at radius 2 is 1.81 bits per heavy atom. The van der Waals surface area contributed by atoms with E-state index in [1.807, 2.05) is 0 Å². The lowest BCUT2D eigenvalue weighted by Gasteiger charge is -2.13. The highest BCUT2D eigenvalue weighted by atomic mass is 19.3. The molecule has 0 bridgehead atoms. The Morgan fingerprint density at radius 3 is 2.24 bits per heavy atom. The summed E-state index contributed by atoms with van der Waals surface area (Å²) in [5, 5.41) is 10.9. The fraction of sp³-hybridized carbons (Fsp3) is 0.250. The van der Waals surface area contributed by atoms with Crippen molar-refractivity contribution in [2.75, 3.05) is 0 Å². The van der Waals surface area contributed by atoms with E-state index < -0.39 is 36.9 Å². The molecule has 1 aromatic carbocycles. The first kappa shape index (κ1) is 16.3. The predicted molar refractivity (Wildman–Crippen MR) is 65.8 cm³/mol. The van der Waals surface area contributed by atoms with Gasteiger partial charge in [0.15, 0.2) is 0 Å². The number of benzene rings is 1. The SMILES string of the molecule is NC(=O)C[C@H](NC(=O)c1ccc(OC(F)F)cc1)C(=O)O. The summed E-state index contributed by atoms with van der Waals surface area (Å²) in [4.78, 5) is 33.3. The van der Waals surface area contributed by atoms with Crippen molar-refractivity contribution in [3.05, 3.63) is 29.8 Å². The maximum absolute atomic E-state index is 12.0. The van der Waals surface area contributed by atoms with Gasteiger partial charge in [0, 0.05) is 5.56 Å². The van der Waals surface area contributed by atoms with Crippen molar-refractivity contribution in [3.8, 4) is 5.75 Å². The summed E-state index contributed by atoms with van der Waals surface area (Å²) in [6.45, 7) is -2.99. The topological polar surface area (TPSA) is 119 Å². The molecule has 0 aromatic heterocycles. The number of hydrogen-bond acceptors (Lipinski definition) is 4. The van der Waals surface area contributed by atoms with Crippen molar-refractivity contribution in [3.63, 3.8) is 0 Å². The Labute approximate surface area is 117 Å². The number of nitrogens with two attached hydrogens (primary N) is 1. The third kappa shape index (κ3) is 5.43. The summed E-state index contributed by atoms with van der Waals surface area (Å²) in [5.41, 5.74) is 4.89. The zero-order chi connectivity index (χ0) is 16.0. The number of aliphatic carboxylic acids is 1. The molecule has 2 amide bonds. The first-order chi connectivity index (χ1) is 9.79. The van der Waals surface area contributed by atoms with Gasteiger partial charge in [-0.2, -0.15) is 8.78 Å². The lowest BCUT2D eigenvalue weighted by molar-refractivity contribution is -0.140. The maximum atomic E-state index is 12.0. The van der Waals surface area contributed by atoms with Crippen LogP contribution in [0.3, 0.4) is 0 Å². The molecular weight excluding hydrogens is 290 g/mol. The van der Waals surface area contributed by atoms with Crippen LogP contribution >= 0.6 is 0 Å². The monoisotopic (exact) mass is 302 g/mol. The van der Waals surface area contributed by atoms with E-state index >= 15 is 0 Å². The molecule has 114 valence electrons. The van der Waals surface area contributed by atoms with Gasteiger partial charge in [-0.15, -0.1) is 0 Å². The Kier molecular flexibility index (Phi) is 5.58. The van der Waals surface area contributed by atoms with Crippen molar-refractivity contribution in [1.29, 1.82) is 0 Å². The normalized spacial score (nSPS) is 11.8. The highest BCUT2D eigenvalue weighted by molar-refractivity contribution is 5.97. The van der Waals surface area contributed by atoms with E-state index in [2.05, 4.69) is 10.1 Å². The van der Waals surface area contributed by atoms with Gasteiger partial charge in [-0.1, -0.05) is 0 Å². The number of alkyl halides is 2. The lowest BCUT2D eigenvalue weighted by Crippen LogP contribution is -2.43. The lowest BCUT2D eigenvalue weighted by atomic mass is 10.1. The van der Waals surface area contributed by atoms with Crippen molar-refractivity contribution in [1.82, 2.24) is 5.32 Å². The molecule has 0 spiro atoms. The van der Waals surface area contributed by atoms with Crippen LogP contribution in [0.4, 0.5) is 8.78 Å². The molecule has 4 N–H and O–H groups in total. The number of amides is 2. The van der Waals surface area contributed by atoms with E-state index in [0.29, 0.717) is 0 Å². The Balaban J connectivity index is 2.73. The molecule has 0 unspecified atom stereocenters. The van der Waals surface area contributed by atoms with Crippen molar-refractivity contribution >= 4 is 17.8 Å². The molecule has 7 nitrogen and oxygen atoms in total. The maximum Gasteiger partial charge on any atom is 0.387 e. The highest BCUT2D eigenvalue weighted by Gasteiger charge is 2.22. The highest BCUT2D eigenvalue weighted by Crippen LogP contribution is 2.15. The van der Waals surface area contributed by atoms with Crippen LogP contribution in [0, 0.1) is 0 Å². The molecule has 0 radical (unpaired) electrons. The fourth-order valence-corrected chi connectivity index (χ4v) is 1.43. The first-order valence-electron chi connectivity index (χ1n) is 5.66. The molecule has 21 heavy (non-hydrogen) atoms. The minimum Gasteiger partial charge on any atom is -0.480 e. The van der Waals surface area contributed by atoms with E-state index in [1.54, 1.807) is 0 Å². The van der Waals surface area contributed by atoms with Crippen molar-refractivity contribution in [2.24, 2.45) is 5.73 Å². The van der Waals surface area contributed by atoms with Gasteiger partial charge in [-0.25, -0.2) is 4.79 Å². The number of carboxylic acids is 1. The van der Waals surface area contributed by atoms with Gasteiger partial charge in [0.1, 0.15) is 11.8 Å². The second kappa shape index (κ2) is 7.17. The van der Waals surface area contributed by atoms with Crippen LogP contribution in [0.15, 0.2) is 24.3 Å². The summed E-state index contributed by atoms with van der Waals surface area (Å²) in [6.07, 6.45) is -0.562. The van der Waals surface area contributed by atoms with E-state index in [0.717, 1.165) is 12.1 Å². The minimum absolute atomic E-state index is 0.0207.